The van der Waals surface area contributed by atoms with E-state index >= 15 is 0 Å². The fourth-order valence-electron chi connectivity index (χ4n) is 3.34. The predicted octanol–water partition coefficient (Wildman–Crippen LogP) is 2.36. The maximum absolute atomic E-state index is 13.9. The second kappa shape index (κ2) is 7.30. The summed E-state index contributed by atoms with van der Waals surface area (Å²) in [5.74, 6) is -2.99. The monoisotopic (exact) mass is 333 g/mol. The minimum Gasteiger partial charge on any atom is -0.444 e. The van der Waals surface area contributed by atoms with Crippen molar-refractivity contribution in [1.29, 1.82) is 0 Å². The molecule has 2 N–H and O–H groups in total. The number of nitrogens with zero attached hydrogens (tertiary/aromatic N) is 1. The molecule has 0 radical (unpaired) electrons. The molecule has 23 heavy (non-hydrogen) atoms. The molecule has 2 heterocycles. The van der Waals surface area contributed by atoms with Crippen LogP contribution in [-0.4, -0.2) is 60.8 Å². The van der Waals surface area contributed by atoms with Crippen LogP contribution in [0.5, 0.6) is 0 Å². The summed E-state index contributed by atoms with van der Waals surface area (Å²) in [6, 6.07) is 0.515. The van der Waals surface area contributed by atoms with E-state index in [0.717, 1.165) is 25.9 Å². The average molecular weight is 333 g/mol. The van der Waals surface area contributed by atoms with E-state index in [4.69, 9.17) is 4.74 Å². The van der Waals surface area contributed by atoms with E-state index in [1.54, 1.807) is 20.8 Å². The normalized spacial score (nSPS) is 26.0. The molecule has 5 nitrogen and oxygen atoms in total. The first-order valence-corrected chi connectivity index (χ1v) is 8.48. The molecule has 2 rings (SSSR count). The molecule has 1 amide bonds. The third kappa shape index (κ3) is 5.88. The highest BCUT2D eigenvalue weighted by atomic mass is 19.3. The van der Waals surface area contributed by atoms with Gasteiger partial charge < -0.3 is 15.4 Å². The lowest BCUT2D eigenvalue weighted by atomic mass is 9.99. The molecule has 2 fully saturated rings. The zero-order valence-corrected chi connectivity index (χ0v) is 14.3. The van der Waals surface area contributed by atoms with Gasteiger partial charge in [0.25, 0.3) is 5.92 Å². The van der Waals surface area contributed by atoms with E-state index < -0.39 is 30.7 Å². The van der Waals surface area contributed by atoms with Crippen LogP contribution in [0, 0.1) is 0 Å². The van der Waals surface area contributed by atoms with Crippen LogP contribution in [0.4, 0.5) is 13.6 Å². The lowest BCUT2D eigenvalue weighted by Crippen LogP contribution is -2.50. The molecule has 0 spiro atoms. The van der Waals surface area contributed by atoms with Crippen molar-refractivity contribution >= 4 is 6.09 Å². The van der Waals surface area contributed by atoms with Gasteiger partial charge in [-0.1, -0.05) is 6.42 Å². The van der Waals surface area contributed by atoms with Crippen molar-refractivity contribution in [2.45, 2.75) is 70.1 Å². The van der Waals surface area contributed by atoms with Crippen molar-refractivity contribution in [2.24, 2.45) is 0 Å². The average Bonchev–Trinajstić information content (AvgIpc) is 2.85. The van der Waals surface area contributed by atoms with Crippen LogP contribution in [0.1, 0.15) is 46.5 Å². The van der Waals surface area contributed by atoms with Gasteiger partial charge in [0.05, 0.1) is 13.1 Å². The second-order valence-corrected chi connectivity index (χ2v) is 7.59. The Hall–Kier alpha value is -0.950. The molecule has 2 saturated heterocycles. The van der Waals surface area contributed by atoms with E-state index in [1.165, 1.54) is 12.8 Å². The molecule has 2 aliphatic heterocycles. The quantitative estimate of drug-likeness (QED) is 0.811. The number of hydrogen-bond acceptors (Lipinski definition) is 4. The fraction of sp³-hybridized carbons (Fsp3) is 0.938. The molecule has 0 aliphatic carbocycles. The highest BCUT2D eigenvalue weighted by Crippen LogP contribution is 2.27. The first kappa shape index (κ1) is 18.4. The van der Waals surface area contributed by atoms with Crippen LogP contribution in [0.2, 0.25) is 0 Å². The van der Waals surface area contributed by atoms with Crippen molar-refractivity contribution in [3.05, 3.63) is 0 Å². The molecule has 0 bridgehead atoms. The Labute approximate surface area is 137 Å². The van der Waals surface area contributed by atoms with Gasteiger partial charge in [-0.05, 0) is 46.6 Å². The number of alkyl carbamates (subject to hydrolysis) is 1. The van der Waals surface area contributed by atoms with E-state index in [2.05, 4.69) is 15.5 Å². The Morgan fingerprint density at radius 2 is 1.91 bits per heavy atom. The number of nitrogens with one attached hydrogen (secondary N) is 2. The topological polar surface area (TPSA) is 53.6 Å². The first-order valence-electron chi connectivity index (χ1n) is 8.48. The summed E-state index contributed by atoms with van der Waals surface area (Å²) in [7, 11) is 0. The number of amides is 1. The summed E-state index contributed by atoms with van der Waals surface area (Å²) < 4.78 is 32.9. The van der Waals surface area contributed by atoms with Gasteiger partial charge in [0.1, 0.15) is 5.60 Å². The van der Waals surface area contributed by atoms with Gasteiger partial charge in [0.15, 0.2) is 0 Å². The molecular weight excluding hydrogens is 304 g/mol. The van der Waals surface area contributed by atoms with Crippen molar-refractivity contribution in [2.75, 3.05) is 26.2 Å². The molecule has 134 valence electrons. The number of rotatable bonds is 5. The van der Waals surface area contributed by atoms with E-state index in [0.29, 0.717) is 6.04 Å². The number of halogens is 2. The maximum atomic E-state index is 13.9. The molecule has 0 saturated carbocycles. The van der Waals surface area contributed by atoms with Crippen LogP contribution in [0.15, 0.2) is 0 Å². The van der Waals surface area contributed by atoms with Gasteiger partial charge in [0, 0.05) is 18.6 Å². The fourth-order valence-corrected chi connectivity index (χ4v) is 3.34. The summed E-state index contributed by atoms with van der Waals surface area (Å²) >= 11 is 0. The van der Waals surface area contributed by atoms with Gasteiger partial charge in [0.2, 0.25) is 0 Å². The zero-order valence-electron chi connectivity index (χ0n) is 14.3. The van der Waals surface area contributed by atoms with E-state index in [9.17, 15) is 13.6 Å². The van der Waals surface area contributed by atoms with Gasteiger partial charge in [-0.3, -0.25) is 4.90 Å². The Bertz CT molecular complexity index is 413. The van der Waals surface area contributed by atoms with Gasteiger partial charge in [-0.15, -0.1) is 0 Å². The summed E-state index contributed by atoms with van der Waals surface area (Å²) in [4.78, 5) is 13.9. The Morgan fingerprint density at radius 3 is 2.61 bits per heavy atom. The largest absolute Gasteiger partial charge is 0.444 e. The van der Waals surface area contributed by atoms with E-state index in [1.807, 2.05) is 0 Å². The van der Waals surface area contributed by atoms with Crippen LogP contribution in [-0.2, 0) is 4.74 Å². The number of fused-ring (bicyclic) bond motifs is 1. The minimum atomic E-state index is -2.99. The predicted molar refractivity (Wildman–Crippen MR) is 84.8 cm³/mol. The molecule has 0 aromatic heterocycles. The summed E-state index contributed by atoms with van der Waals surface area (Å²) in [6.45, 7) is 6.03. The highest BCUT2D eigenvalue weighted by Gasteiger charge is 2.38. The number of piperidine rings is 1. The third-order valence-electron chi connectivity index (χ3n) is 4.37. The minimum absolute atomic E-state index is 0.128. The van der Waals surface area contributed by atoms with Crippen molar-refractivity contribution in [1.82, 2.24) is 15.5 Å². The molecule has 0 aromatic rings. The van der Waals surface area contributed by atoms with Crippen LogP contribution in [0.3, 0.4) is 0 Å². The van der Waals surface area contributed by atoms with Gasteiger partial charge >= 0.3 is 6.09 Å². The van der Waals surface area contributed by atoms with Crippen LogP contribution < -0.4 is 10.6 Å². The van der Waals surface area contributed by atoms with Gasteiger partial charge in [-0.2, -0.15) is 0 Å². The molecular formula is C16H29F2N3O2. The number of alkyl halides is 2. The number of hydrogen-bond donors (Lipinski definition) is 2. The van der Waals surface area contributed by atoms with E-state index in [-0.39, 0.29) is 6.04 Å². The molecule has 2 atom stereocenters. The summed E-state index contributed by atoms with van der Waals surface area (Å²) in [5, 5.41) is 5.16. The molecule has 0 aromatic carbocycles. The zero-order chi connectivity index (χ0) is 17.1. The number of carbonyl (C=O) groups excluding carboxylic acids is 1. The van der Waals surface area contributed by atoms with Gasteiger partial charge in [-0.25, -0.2) is 13.6 Å². The van der Waals surface area contributed by atoms with Crippen molar-refractivity contribution < 1.29 is 18.3 Å². The SMILES string of the molecule is CC(C)(C)OC(=O)NCC(F)(F)CNC1CCN2CCCCC12. The molecule has 7 heteroatoms. The van der Waals surface area contributed by atoms with Crippen molar-refractivity contribution in [3.8, 4) is 0 Å². The Balaban J connectivity index is 1.72. The maximum Gasteiger partial charge on any atom is 0.407 e. The number of carbonyl (C=O) groups is 1. The lowest BCUT2D eigenvalue weighted by Gasteiger charge is -2.33. The van der Waals surface area contributed by atoms with Crippen LogP contribution in [0.25, 0.3) is 0 Å². The third-order valence-corrected chi connectivity index (χ3v) is 4.37. The second-order valence-electron chi connectivity index (χ2n) is 7.59. The lowest BCUT2D eigenvalue weighted by molar-refractivity contribution is -0.00676. The summed E-state index contributed by atoms with van der Waals surface area (Å²) in [5.41, 5.74) is -0.689. The number of ether oxygens (including phenoxy) is 1. The summed E-state index contributed by atoms with van der Waals surface area (Å²) in [6.07, 6.45) is 3.57. The molecule has 2 unspecified atom stereocenters. The smallest absolute Gasteiger partial charge is 0.407 e. The standard InChI is InChI=1S/C16H29F2N3O2/c1-15(2,3)23-14(22)20-11-16(17,18)10-19-12-7-9-21-8-5-4-6-13(12)21/h12-13,19H,4-11H2,1-3H3,(H,20,22). The Kier molecular flexibility index (Phi) is 5.84. The first-order chi connectivity index (χ1) is 10.7. The highest BCUT2D eigenvalue weighted by molar-refractivity contribution is 5.67. The Morgan fingerprint density at radius 1 is 1.17 bits per heavy atom. The van der Waals surface area contributed by atoms with Crippen LogP contribution >= 0.6 is 0 Å². The van der Waals surface area contributed by atoms with Crippen molar-refractivity contribution in [3.63, 3.8) is 0 Å². The molecule has 2 aliphatic rings.